The van der Waals surface area contributed by atoms with Crippen LogP contribution in [-0.4, -0.2) is 42.8 Å². The quantitative estimate of drug-likeness (QED) is 0.925. The fraction of sp³-hybridized carbons (Fsp3) is 0.533. The number of nitrogens with one attached hydrogen (secondary N) is 1. The van der Waals surface area contributed by atoms with Crippen molar-refractivity contribution in [2.75, 3.05) is 25.0 Å². The van der Waals surface area contributed by atoms with Crippen LogP contribution in [0.3, 0.4) is 0 Å². The van der Waals surface area contributed by atoms with Gasteiger partial charge in [-0.15, -0.1) is 0 Å². The predicted octanol–water partition coefficient (Wildman–Crippen LogP) is 2.73. The molecule has 2 amide bonds. The van der Waals surface area contributed by atoms with E-state index in [-0.39, 0.29) is 18.2 Å². The lowest BCUT2D eigenvalue weighted by atomic mass is 10.2. The van der Waals surface area contributed by atoms with E-state index in [0.717, 1.165) is 11.4 Å². The van der Waals surface area contributed by atoms with Gasteiger partial charge in [0.15, 0.2) is 0 Å². The summed E-state index contributed by atoms with van der Waals surface area (Å²) in [6.07, 6.45) is 0.148. The molecule has 1 aromatic rings. The van der Waals surface area contributed by atoms with E-state index in [9.17, 15) is 4.79 Å². The maximum Gasteiger partial charge on any atom is 0.322 e. The number of carbonyl (C=O) groups is 1. The summed E-state index contributed by atoms with van der Waals surface area (Å²) in [6.45, 7) is 7.77. The molecule has 2 rings (SSSR count). The molecule has 1 aliphatic heterocycles. The number of urea groups is 1. The van der Waals surface area contributed by atoms with E-state index < -0.39 is 0 Å². The highest BCUT2D eigenvalue weighted by atomic mass is 16.5. The highest BCUT2D eigenvalue weighted by Crippen LogP contribution is 2.17. The molecule has 0 aromatic heterocycles. The Labute approximate surface area is 119 Å². The number of morpholine rings is 1. The van der Waals surface area contributed by atoms with Gasteiger partial charge in [-0.05, 0) is 45.0 Å². The molecule has 1 aromatic carbocycles. The van der Waals surface area contributed by atoms with E-state index in [1.165, 1.54) is 0 Å². The number of rotatable bonds is 3. The molecule has 1 saturated heterocycles. The van der Waals surface area contributed by atoms with Gasteiger partial charge in [0.25, 0.3) is 0 Å². The van der Waals surface area contributed by atoms with Crippen LogP contribution in [0.4, 0.5) is 10.5 Å². The fourth-order valence-corrected chi connectivity index (χ4v) is 2.35. The average molecular weight is 278 g/mol. The normalized spacial score (nSPS) is 22.4. The van der Waals surface area contributed by atoms with Crippen molar-refractivity contribution in [3.63, 3.8) is 0 Å². The molecule has 1 aliphatic rings. The summed E-state index contributed by atoms with van der Waals surface area (Å²) in [5.41, 5.74) is 0.769. The molecule has 0 unspecified atom stereocenters. The van der Waals surface area contributed by atoms with Gasteiger partial charge < -0.3 is 19.7 Å². The molecule has 2 atom stereocenters. The van der Waals surface area contributed by atoms with Gasteiger partial charge in [-0.25, -0.2) is 4.79 Å². The van der Waals surface area contributed by atoms with Crippen LogP contribution in [0.15, 0.2) is 24.3 Å². The summed E-state index contributed by atoms with van der Waals surface area (Å²) in [5.74, 6) is 0.805. The monoisotopic (exact) mass is 278 g/mol. The maximum absolute atomic E-state index is 12.2. The van der Waals surface area contributed by atoms with Crippen molar-refractivity contribution in [2.24, 2.45) is 0 Å². The first kappa shape index (κ1) is 14.7. The van der Waals surface area contributed by atoms with Gasteiger partial charge in [0.1, 0.15) is 5.75 Å². The molecular formula is C15H22N2O3. The molecule has 1 fully saturated rings. The van der Waals surface area contributed by atoms with E-state index >= 15 is 0 Å². The summed E-state index contributed by atoms with van der Waals surface area (Å²) >= 11 is 0. The average Bonchev–Trinajstić information content (AvgIpc) is 2.40. The zero-order chi connectivity index (χ0) is 14.5. The molecule has 0 aliphatic carbocycles. The number of ether oxygens (including phenoxy) is 2. The molecule has 20 heavy (non-hydrogen) atoms. The number of hydrogen-bond acceptors (Lipinski definition) is 3. The first-order valence-electron chi connectivity index (χ1n) is 7.02. The zero-order valence-electron chi connectivity index (χ0n) is 12.3. The van der Waals surface area contributed by atoms with Crippen LogP contribution in [0, 0.1) is 0 Å². The molecule has 5 heteroatoms. The van der Waals surface area contributed by atoms with Crippen LogP contribution in [0.25, 0.3) is 0 Å². The van der Waals surface area contributed by atoms with Gasteiger partial charge in [-0.2, -0.15) is 0 Å². The smallest absolute Gasteiger partial charge is 0.322 e. The number of carbonyl (C=O) groups excluding carboxylic acids is 1. The summed E-state index contributed by atoms with van der Waals surface area (Å²) in [6, 6.07) is 7.30. The van der Waals surface area contributed by atoms with Crippen molar-refractivity contribution < 1.29 is 14.3 Å². The molecule has 0 saturated carbocycles. The Balaban J connectivity index is 1.93. The molecule has 0 radical (unpaired) electrons. The second-order valence-corrected chi connectivity index (χ2v) is 5.05. The first-order chi connectivity index (χ1) is 9.58. The third kappa shape index (κ3) is 3.87. The Kier molecular flexibility index (Phi) is 4.84. The van der Waals surface area contributed by atoms with Gasteiger partial charge in [0.2, 0.25) is 0 Å². The van der Waals surface area contributed by atoms with Crippen LogP contribution in [-0.2, 0) is 4.74 Å². The molecule has 110 valence electrons. The number of benzene rings is 1. The SMILES string of the molecule is CCOc1ccc(NC(=O)N2C[C@@H](C)O[C@@H](C)C2)cc1. The minimum atomic E-state index is -0.0869. The molecule has 0 spiro atoms. The van der Waals surface area contributed by atoms with Crippen molar-refractivity contribution in [2.45, 2.75) is 33.0 Å². The summed E-state index contributed by atoms with van der Waals surface area (Å²) in [7, 11) is 0. The molecule has 1 N–H and O–H groups in total. The third-order valence-corrected chi connectivity index (χ3v) is 3.12. The minimum absolute atomic E-state index is 0.0739. The molecular weight excluding hydrogens is 256 g/mol. The van der Waals surface area contributed by atoms with Crippen LogP contribution < -0.4 is 10.1 Å². The van der Waals surface area contributed by atoms with Gasteiger partial charge in [0.05, 0.1) is 18.8 Å². The largest absolute Gasteiger partial charge is 0.494 e. The summed E-state index contributed by atoms with van der Waals surface area (Å²) in [5, 5.41) is 2.90. The van der Waals surface area contributed by atoms with Crippen LogP contribution >= 0.6 is 0 Å². The minimum Gasteiger partial charge on any atom is -0.494 e. The number of anilines is 1. The number of hydrogen-bond donors (Lipinski definition) is 1. The Hall–Kier alpha value is -1.75. The van der Waals surface area contributed by atoms with Crippen LogP contribution in [0.2, 0.25) is 0 Å². The van der Waals surface area contributed by atoms with Gasteiger partial charge >= 0.3 is 6.03 Å². The zero-order valence-corrected chi connectivity index (χ0v) is 12.3. The first-order valence-corrected chi connectivity index (χ1v) is 7.02. The summed E-state index contributed by atoms with van der Waals surface area (Å²) < 4.78 is 11.0. The van der Waals surface area contributed by atoms with E-state index in [1.54, 1.807) is 4.90 Å². The second-order valence-electron chi connectivity index (χ2n) is 5.05. The van der Waals surface area contributed by atoms with Gasteiger partial charge in [-0.1, -0.05) is 0 Å². The number of amides is 2. The van der Waals surface area contributed by atoms with E-state index in [0.29, 0.717) is 19.7 Å². The van der Waals surface area contributed by atoms with Gasteiger partial charge in [-0.3, -0.25) is 0 Å². The van der Waals surface area contributed by atoms with Crippen molar-refractivity contribution in [1.29, 1.82) is 0 Å². The lowest BCUT2D eigenvalue weighted by molar-refractivity contribution is -0.0530. The van der Waals surface area contributed by atoms with E-state index in [1.807, 2.05) is 45.0 Å². The maximum atomic E-state index is 12.2. The predicted molar refractivity (Wildman–Crippen MR) is 78.2 cm³/mol. The summed E-state index contributed by atoms with van der Waals surface area (Å²) in [4.78, 5) is 14.0. The lowest BCUT2D eigenvalue weighted by Crippen LogP contribution is -2.49. The Morgan fingerprint density at radius 1 is 1.30 bits per heavy atom. The van der Waals surface area contributed by atoms with Crippen LogP contribution in [0.5, 0.6) is 5.75 Å². The van der Waals surface area contributed by atoms with Crippen molar-refractivity contribution in [3.8, 4) is 5.75 Å². The van der Waals surface area contributed by atoms with Crippen molar-refractivity contribution in [1.82, 2.24) is 4.90 Å². The van der Waals surface area contributed by atoms with Crippen LogP contribution in [0.1, 0.15) is 20.8 Å². The topological polar surface area (TPSA) is 50.8 Å². The highest BCUT2D eigenvalue weighted by molar-refractivity contribution is 5.89. The Bertz CT molecular complexity index is 437. The van der Waals surface area contributed by atoms with Crippen molar-refractivity contribution in [3.05, 3.63) is 24.3 Å². The molecule has 5 nitrogen and oxygen atoms in total. The highest BCUT2D eigenvalue weighted by Gasteiger charge is 2.25. The van der Waals surface area contributed by atoms with E-state index in [2.05, 4.69) is 5.32 Å². The van der Waals surface area contributed by atoms with E-state index in [4.69, 9.17) is 9.47 Å². The van der Waals surface area contributed by atoms with Gasteiger partial charge in [0, 0.05) is 18.8 Å². The van der Waals surface area contributed by atoms with Crippen molar-refractivity contribution >= 4 is 11.7 Å². The lowest BCUT2D eigenvalue weighted by Gasteiger charge is -2.35. The number of nitrogens with zero attached hydrogens (tertiary/aromatic N) is 1. The standard InChI is InChI=1S/C15H22N2O3/c1-4-19-14-7-5-13(6-8-14)16-15(18)17-9-11(2)20-12(3)10-17/h5-8,11-12H,4,9-10H2,1-3H3,(H,16,18)/t11-,12+. The fourth-order valence-electron chi connectivity index (χ4n) is 2.35. The molecule has 0 bridgehead atoms. The molecule has 1 heterocycles. The Morgan fingerprint density at radius 3 is 2.45 bits per heavy atom. The Morgan fingerprint density at radius 2 is 1.90 bits per heavy atom. The second kappa shape index (κ2) is 6.61. The third-order valence-electron chi connectivity index (χ3n) is 3.12.